The molecule has 0 aromatic carbocycles. The van der Waals surface area contributed by atoms with E-state index in [0.717, 1.165) is 48.8 Å². The van der Waals surface area contributed by atoms with Crippen LogP contribution in [-0.2, 0) is 13.1 Å². The van der Waals surface area contributed by atoms with Gasteiger partial charge in [0.05, 0.1) is 11.4 Å². The van der Waals surface area contributed by atoms with Crippen molar-refractivity contribution in [1.29, 1.82) is 0 Å². The topological polar surface area (TPSA) is 108 Å². The third-order valence-corrected chi connectivity index (χ3v) is 5.73. The normalized spacial score (nSPS) is 25.2. The quantitative estimate of drug-likeness (QED) is 0.597. The van der Waals surface area contributed by atoms with Crippen LogP contribution in [0.3, 0.4) is 0 Å². The van der Waals surface area contributed by atoms with E-state index in [0.29, 0.717) is 13.1 Å². The predicted octanol–water partition coefficient (Wildman–Crippen LogP) is 2.05. The SMILES string of the molecule is CC[C@@]1(C)CNCc2[nH]c(=O)ccc2O1.CC[C@]1(C)CNCc2[nH]c(=O)ccc2O1. The maximum absolute atomic E-state index is 11.1. The number of pyridine rings is 2. The molecule has 0 spiro atoms. The number of nitrogens with one attached hydrogen (secondary N) is 4. The highest BCUT2D eigenvalue weighted by molar-refractivity contribution is 5.29. The molecule has 0 saturated heterocycles. The smallest absolute Gasteiger partial charge is 0.248 e. The first kappa shape index (κ1) is 22.1. The highest BCUT2D eigenvalue weighted by Gasteiger charge is 2.28. The number of hydrogen-bond donors (Lipinski definition) is 4. The molecule has 0 fully saturated rings. The van der Waals surface area contributed by atoms with Gasteiger partial charge in [0.2, 0.25) is 11.1 Å². The van der Waals surface area contributed by atoms with Gasteiger partial charge in [-0.2, -0.15) is 0 Å². The van der Waals surface area contributed by atoms with Gasteiger partial charge in [-0.1, -0.05) is 13.8 Å². The molecule has 0 bridgehead atoms. The molecule has 2 aliphatic heterocycles. The molecular formula is C22H32N4O4. The molecule has 2 aliphatic rings. The Balaban J connectivity index is 0.000000171. The average Bonchev–Trinajstić information content (AvgIpc) is 2.99. The van der Waals surface area contributed by atoms with E-state index < -0.39 is 0 Å². The van der Waals surface area contributed by atoms with Crippen molar-refractivity contribution in [3.63, 3.8) is 0 Å². The number of aromatic amines is 2. The van der Waals surface area contributed by atoms with Crippen LogP contribution in [0.25, 0.3) is 0 Å². The van der Waals surface area contributed by atoms with Crippen molar-refractivity contribution in [1.82, 2.24) is 20.6 Å². The zero-order chi connectivity index (χ0) is 21.8. The molecule has 0 amide bonds. The second kappa shape index (κ2) is 9.06. The average molecular weight is 417 g/mol. The van der Waals surface area contributed by atoms with Crippen LogP contribution in [0.1, 0.15) is 51.9 Å². The lowest BCUT2D eigenvalue weighted by Gasteiger charge is -2.27. The third-order valence-electron chi connectivity index (χ3n) is 5.73. The van der Waals surface area contributed by atoms with Crippen molar-refractivity contribution in [2.45, 2.75) is 64.8 Å². The Morgan fingerprint density at radius 2 is 1.17 bits per heavy atom. The first-order chi connectivity index (χ1) is 14.3. The second-order valence-corrected chi connectivity index (χ2v) is 8.35. The van der Waals surface area contributed by atoms with E-state index in [1.165, 1.54) is 12.1 Å². The molecule has 0 saturated carbocycles. The zero-order valence-electron chi connectivity index (χ0n) is 18.2. The van der Waals surface area contributed by atoms with Crippen LogP contribution >= 0.6 is 0 Å². The van der Waals surface area contributed by atoms with E-state index in [1.807, 2.05) is 0 Å². The molecule has 2 aromatic heterocycles. The highest BCUT2D eigenvalue weighted by atomic mass is 16.5. The lowest BCUT2D eigenvalue weighted by Crippen LogP contribution is -2.40. The Bertz CT molecular complexity index is 906. The fourth-order valence-electron chi connectivity index (χ4n) is 3.36. The summed E-state index contributed by atoms with van der Waals surface area (Å²) in [6, 6.07) is 6.49. The van der Waals surface area contributed by atoms with Crippen molar-refractivity contribution in [3.05, 3.63) is 56.4 Å². The van der Waals surface area contributed by atoms with Gasteiger partial charge in [-0.3, -0.25) is 9.59 Å². The molecule has 2 atom stereocenters. The summed E-state index contributed by atoms with van der Waals surface area (Å²) in [5.74, 6) is 1.56. The van der Waals surface area contributed by atoms with Crippen molar-refractivity contribution >= 4 is 0 Å². The molecule has 2 aromatic rings. The summed E-state index contributed by atoms with van der Waals surface area (Å²) >= 11 is 0. The molecule has 30 heavy (non-hydrogen) atoms. The Kier molecular flexibility index (Phi) is 6.67. The Hall–Kier alpha value is -2.58. The molecule has 8 nitrogen and oxygen atoms in total. The molecule has 0 aliphatic carbocycles. The Morgan fingerprint density at radius 3 is 1.53 bits per heavy atom. The van der Waals surface area contributed by atoms with Gasteiger partial charge < -0.3 is 30.1 Å². The molecule has 0 unspecified atom stereocenters. The van der Waals surface area contributed by atoms with Crippen LogP contribution in [0.2, 0.25) is 0 Å². The zero-order valence-corrected chi connectivity index (χ0v) is 18.2. The van der Waals surface area contributed by atoms with Crippen molar-refractivity contribution in [3.8, 4) is 11.5 Å². The van der Waals surface area contributed by atoms with E-state index in [4.69, 9.17) is 9.47 Å². The number of rotatable bonds is 2. The van der Waals surface area contributed by atoms with Gasteiger partial charge >= 0.3 is 0 Å². The van der Waals surface area contributed by atoms with E-state index >= 15 is 0 Å². The van der Waals surface area contributed by atoms with Crippen LogP contribution in [0, 0.1) is 0 Å². The Morgan fingerprint density at radius 1 is 0.767 bits per heavy atom. The fraction of sp³-hybridized carbons (Fsp3) is 0.545. The van der Waals surface area contributed by atoms with Gasteiger partial charge in [0, 0.05) is 38.3 Å². The lowest BCUT2D eigenvalue weighted by molar-refractivity contribution is 0.0893. The molecule has 8 heteroatoms. The van der Waals surface area contributed by atoms with Gasteiger partial charge in [0.15, 0.2) is 0 Å². The third kappa shape index (κ3) is 5.31. The predicted molar refractivity (Wildman–Crippen MR) is 116 cm³/mol. The molecule has 0 radical (unpaired) electrons. The second-order valence-electron chi connectivity index (χ2n) is 8.35. The minimum atomic E-state index is -0.191. The first-order valence-electron chi connectivity index (χ1n) is 10.5. The van der Waals surface area contributed by atoms with E-state index in [2.05, 4.69) is 48.3 Å². The highest BCUT2D eigenvalue weighted by Crippen LogP contribution is 2.26. The number of fused-ring (bicyclic) bond motifs is 2. The molecule has 4 N–H and O–H groups in total. The summed E-state index contributed by atoms with van der Waals surface area (Å²) in [5.41, 5.74) is 1.12. The lowest BCUT2D eigenvalue weighted by atomic mass is 10.0. The van der Waals surface area contributed by atoms with Gasteiger partial charge in [-0.15, -0.1) is 0 Å². The minimum Gasteiger partial charge on any atom is -0.484 e. The summed E-state index contributed by atoms with van der Waals surface area (Å²) < 4.78 is 11.8. The molecule has 4 heterocycles. The first-order valence-corrected chi connectivity index (χ1v) is 10.5. The van der Waals surface area contributed by atoms with E-state index in [-0.39, 0.29) is 22.3 Å². The summed E-state index contributed by atoms with van der Waals surface area (Å²) in [6.07, 6.45) is 1.86. The van der Waals surface area contributed by atoms with Crippen LogP contribution in [0.15, 0.2) is 33.9 Å². The Labute approximate surface area is 176 Å². The van der Waals surface area contributed by atoms with Gasteiger partial charge in [0.1, 0.15) is 22.7 Å². The van der Waals surface area contributed by atoms with Gasteiger partial charge in [-0.05, 0) is 38.8 Å². The number of aromatic nitrogens is 2. The molecule has 4 rings (SSSR count). The van der Waals surface area contributed by atoms with Gasteiger partial charge in [-0.25, -0.2) is 0 Å². The van der Waals surface area contributed by atoms with Gasteiger partial charge in [0.25, 0.3) is 0 Å². The van der Waals surface area contributed by atoms with E-state index in [1.54, 1.807) is 12.1 Å². The van der Waals surface area contributed by atoms with Crippen LogP contribution < -0.4 is 31.2 Å². The summed E-state index contributed by atoms with van der Waals surface area (Å²) in [6.45, 7) is 11.2. The fourth-order valence-corrected chi connectivity index (χ4v) is 3.36. The maximum atomic E-state index is 11.1. The monoisotopic (exact) mass is 416 g/mol. The van der Waals surface area contributed by atoms with Crippen molar-refractivity contribution in [2.75, 3.05) is 13.1 Å². The standard InChI is InChI=1S/2C11H16N2O2/c2*1-3-11(2)7-12-6-8-9(15-11)4-5-10(14)13-8/h2*4-5,12H,3,6-7H2,1-2H3,(H,13,14)/t2*11-/m10/s1. The number of ether oxygens (including phenoxy) is 2. The largest absolute Gasteiger partial charge is 0.484 e. The van der Waals surface area contributed by atoms with Crippen molar-refractivity contribution < 1.29 is 9.47 Å². The van der Waals surface area contributed by atoms with Crippen LogP contribution in [0.4, 0.5) is 0 Å². The van der Waals surface area contributed by atoms with Crippen LogP contribution in [-0.4, -0.2) is 34.3 Å². The molecular weight excluding hydrogens is 384 g/mol. The van der Waals surface area contributed by atoms with Crippen LogP contribution in [0.5, 0.6) is 11.5 Å². The summed E-state index contributed by atoms with van der Waals surface area (Å²) in [7, 11) is 0. The number of H-pyrrole nitrogens is 2. The molecule has 164 valence electrons. The van der Waals surface area contributed by atoms with Crippen molar-refractivity contribution in [2.24, 2.45) is 0 Å². The van der Waals surface area contributed by atoms with E-state index in [9.17, 15) is 9.59 Å². The maximum Gasteiger partial charge on any atom is 0.248 e. The summed E-state index contributed by atoms with van der Waals surface area (Å²) in [5, 5.41) is 6.55. The minimum absolute atomic E-state index is 0.0840. The number of hydrogen-bond acceptors (Lipinski definition) is 6. The summed E-state index contributed by atoms with van der Waals surface area (Å²) in [4.78, 5) is 27.9.